The van der Waals surface area contributed by atoms with Crippen LogP contribution in [0.15, 0.2) is 18.3 Å². The lowest BCUT2D eigenvalue weighted by molar-refractivity contribution is 0.420. The highest BCUT2D eigenvalue weighted by Crippen LogP contribution is 2.37. The minimum atomic E-state index is -0.878. The summed E-state index contributed by atoms with van der Waals surface area (Å²) < 4.78 is 26.7. The summed E-state index contributed by atoms with van der Waals surface area (Å²) in [6, 6.07) is 2.74. The van der Waals surface area contributed by atoms with Crippen molar-refractivity contribution in [2.24, 2.45) is 0 Å². The van der Waals surface area contributed by atoms with E-state index >= 15 is 0 Å². The molecule has 0 radical (unpaired) electrons. The zero-order valence-corrected chi connectivity index (χ0v) is 13.0. The van der Waals surface area contributed by atoms with Gasteiger partial charge in [0.05, 0.1) is 17.2 Å². The minimum absolute atomic E-state index is 0.397. The molecule has 1 aliphatic carbocycles. The van der Waals surface area contributed by atoms with Gasteiger partial charge < -0.3 is 4.90 Å². The van der Waals surface area contributed by atoms with E-state index < -0.39 is 11.6 Å². The lowest BCUT2D eigenvalue weighted by Crippen LogP contribution is -2.49. The van der Waals surface area contributed by atoms with Crippen molar-refractivity contribution in [3.8, 4) is 0 Å². The molecule has 116 valence electrons. The van der Waals surface area contributed by atoms with Gasteiger partial charge in [-0.15, -0.1) is 0 Å². The van der Waals surface area contributed by atoms with Crippen molar-refractivity contribution in [2.75, 3.05) is 17.2 Å². The van der Waals surface area contributed by atoms with E-state index in [0.717, 1.165) is 30.2 Å². The van der Waals surface area contributed by atoms with E-state index in [9.17, 15) is 8.78 Å². The van der Waals surface area contributed by atoms with Crippen LogP contribution in [0.3, 0.4) is 0 Å². The van der Waals surface area contributed by atoms with E-state index in [-0.39, 0.29) is 0 Å². The Labute approximate surface area is 132 Å². The van der Waals surface area contributed by atoms with Crippen LogP contribution in [0.25, 0.3) is 11.0 Å². The summed E-state index contributed by atoms with van der Waals surface area (Å²) >= 11 is 2.05. The first kappa shape index (κ1) is 14.2. The molecule has 2 unspecified atom stereocenters. The molecule has 2 aromatic rings. The van der Waals surface area contributed by atoms with Gasteiger partial charge in [-0.25, -0.2) is 13.8 Å². The number of fused-ring (bicyclic) bond motifs is 2. The van der Waals surface area contributed by atoms with Crippen molar-refractivity contribution in [3.05, 3.63) is 30.0 Å². The predicted molar refractivity (Wildman–Crippen MR) is 85.3 cm³/mol. The third-order valence-electron chi connectivity index (χ3n) is 4.60. The highest BCUT2D eigenvalue weighted by atomic mass is 32.2. The second kappa shape index (κ2) is 5.65. The Morgan fingerprint density at radius 2 is 1.86 bits per heavy atom. The average molecular weight is 321 g/mol. The van der Waals surface area contributed by atoms with Crippen molar-refractivity contribution in [1.29, 1.82) is 0 Å². The highest BCUT2D eigenvalue weighted by Gasteiger charge is 2.34. The van der Waals surface area contributed by atoms with Gasteiger partial charge in [-0.1, -0.05) is 12.8 Å². The number of halogens is 2. The zero-order valence-electron chi connectivity index (χ0n) is 12.1. The molecule has 2 atom stereocenters. The van der Waals surface area contributed by atoms with E-state index in [1.54, 1.807) is 6.20 Å². The lowest BCUT2D eigenvalue weighted by atomic mass is 9.93. The van der Waals surface area contributed by atoms with Crippen LogP contribution < -0.4 is 4.90 Å². The summed E-state index contributed by atoms with van der Waals surface area (Å²) in [6.45, 7) is 0.940. The molecule has 0 spiro atoms. The van der Waals surface area contributed by atoms with E-state index in [2.05, 4.69) is 26.6 Å². The molecule has 1 saturated carbocycles. The van der Waals surface area contributed by atoms with Gasteiger partial charge in [0.2, 0.25) is 0 Å². The van der Waals surface area contributed by atoms with Crippen LogP contribution in [0.1, 0.15) is 25.7 Å². The second-order valence-corrected chi connectivity index (χ2v) is 7.28. The van der Waals surface area contributed by atoms with Gasteiger partial charge in [-0.05, 0) is 12.8 Å². The van der Waals surface area contributed by atoms with Crippen molar-refractivity contribution >= 4 is 28.6 Å². The number of benzene rings is 1. The molecule has 3 nitrogen and oxygen atoms in total. The van der Waals surface area contributed by atoms with Crippen LogP contribution >= 0.6 is 11.8 Å². The largest absolute Gasteiger partial charge is 0.350 e. The van der Waals surface area contributed by atoms with Crippen molar-refractivity contribution in [2.45, 2.75) is 37.0 Å². The summed E-state index contributed by atoms with van der Waals surface area (Å²) in [6.07, 6.45) is 6.68. The predicted octanol–water partition coefficient (Wildman–Crippen LogP) is 3.77. The number of hydrogen-bond acceptors (Lipinski definition) is 4. The van der Waals surface area contributed by atoms with Crippen LogP contribution in [0.4, 0.5) is 14.6 Å². The maximum absolute atomic E-state index is 13.4. The van der Waals surface area contributed by atoms with Gasteiger partial charge in [0.25, 0.3) is 0 Å². The van der Waals surface area contributed by atoms with Gasteiger partial charge in [0, 0.05) is 35.7 Å². The first-order valence-electron chi connectivity index (χ1n) is 7.72. The van der Waals surface area contributed by atoms with Crippen LogP contribution in [0.2, 0.25) is 0 Å². The standard InChI is InChI=1S/C16H17F2N3S/c17-10-7-12-13(8-11(10)18)20-16(9-19-12)21-5-6-22-15-4-2-1-3-14(15)21/h7-9,14-15H,1-6H2. The van der Waals surface area contributed by atoms with E-state index in [4.69, 9.17) is 0 Å². The van der Waals surface area contributed by atoms with Gasteiger partial charge in [-0.2, -0.15) is 11.8 Å². The number of aromatic nitrogens is 2. The normalized spacial score (nSPS) is 25.3. The molecule has 1 saturated heterocycles. The molecule has 6 heteroatoms. The first-order valence-corrected chi connectivity index (χ1v) is 8.77. The van der Waals surface area contributed by atoms with Gasteiger partial charge in [-0.3, -0.25) is 4.98 Å². The number of rotatable bonds is 1. The monoisotopic (exact) mass is 321 g/mol. The number of thioether (sulfide) groups is 1. The van der Waals surface area contributed by atoms with Crippen molar-refractivity contribution < 1.29 is 8.78 Å². The fraction of sp³-hybridized carbons (Fsp3) is 0.500. The summed E-state index contributed by atoms with van der Waals surface area (Å²) in [4.78, 5) is 11.1. The molecular weight excluding hydrogens is 304 g/mol. The smallest absolute Gasteiger partial charge is 0.161 e. The third kappa shape index (κ3) is 2.43. The molecule has 4 rings (SSSR count). The maximum Gasteiger partial charge on any atom is 0.161 e. The Kier molecular flexibility index (Phi) is 3.64. The lowest BCUT2D eigenvalue weighted by Gasteiger charge is -2.44. The minimum Gasteiger partial charge on any atom is -0.350 e. The topological polar surface area (TPSA) is 29.0 Å². The quantitative estimate of drug-likeness (QED) is 0.799. The highest BCUT2D eigenvalue weighted by molar-refractivity contribution is 8.00. The second-order valence-electron chi connectivity index (χ2n) is 5.94. The summed E-state index contributed by atoms with van der Waals surface area (Å²) in [5.74, 6) is 0.120. The van der Waals surface area contributed by atoms with Gasteiger partial charge >= 0.3 is 0 Å². The molecule has 0 bridgehead atoms. The molecule has 2 aliphatic rings. The molecule has 22 heavy (non-hydrogen) atoms. The Morgan fingerprint density at radius 3 is 2.73 bits per heavy atom. The maximum atomic E-state index is 13.4. The van der Waals surface area contributed by atoms with Crippen LogP contribution in [0, 0.1) is 11.6 Å². The fourth-order valence-corrected chi connectivity index (χ4v) is 4.96. The average Bonchev–Trinajstić information content (AvgIpc) is 2.55. The summed E-state index contributed by atoms with van der Waals surface area (Å²) in [7, 11) is 0. The van der Waals surface area contributed by atoms with Gasteiger partial charge in [0.15, 0.2) is 11.6 Å². The molecular formula is C16H17F2N3S. The summed E-state index contributed by atoms with van der Waals surface area (Å²) in [5.41, 5.74) is 0.816. The molecule has 1 aromatic carbocycles. The SMILES string of the molecule is Fc1cc2ncc(N3CCSC4CCCCC43)nc2cc1F. The first-order chi connectivity index (χ1) is 10.7. The Balaban J connectivity index is 1.71. The molecule has 2 fully saturated rings. The molecule has 0 amide bonds. The van der Waals surface area contributed by atoms with Crippen LogP contribution in [0.5, 0.6) is 0 Å². The fourth-order valence-electron chi connectivity index (χ4n) is 3.52. The Morgan fingerprint density at radius 1 is 1.09 bits per heavy atom. The Hall–Kier alpha value is -1.43. The molecule has 2 heterocycles. The third-order valence-corrected chi connectivity index (χ3v) is 5.99. The number of nitrogens with zero attached hydrogens (tertiary/aromatic N) is 3. The van der Waals surface area contributed by atoms with E-state index in [0.29, 0.717) is 22.3 Å². The van der Waals surface area contributed by atoms with Crippen molar-refractivity contribution in [3.63, 3.8) is 0 Å². The molecule has 1 aliphatic heterocycles. The van der Waals surface area contributed by atoms with Gasteiger partial charge in [0.1, 0.15) is 5.82 Å². The molecule has 1 aromatic heterocycles. The van der Waals surface area contributed by atoms with E-state index in [1.807, 2.05) is 0 Å². The number of hydrogen-bond donors (Lipinski definition) is 0. The van der Waals surface area contributed by atoms with Crippen LogP contribution in [-0.2, 0) is 0 Å². The van der Waals surface area contributed by atoms with E-state index in [1.165, 1.54) is 25.7 Å². The summed E-state index contributed by atoms with van der Waals surface area (Å²) in [5, 5.41) is 0.657. The number of anilines is 1. The Bertz CT molecular complexity index is 707. The van der Waals surface area contributed by atoms with Crippen LogP contribution in [-0.4, -0.2) is 33.6 Å². The van der Waals surface area contributed by atoms with Crippen molar-refractivity contribution in [1.82, 2.24) is 9.97 Å². The zero-order chi connectivity index (χ0) is 15.1. The molecule has 0 N–H and O–H groups in total.